The lowest BCUT2D eigenvalue weighted by Crippen LogP contribution is -2.37. The SMILES string of the molecule is C/C(=N\NC(=O)C(=O)NCc1ccccc1)c1ccc(OCc2ccc(C)cc2)cc1. The van der Waals surface area contributed by atoms with Crippen molar-refractivity contribution in [3.63, 3.8) is 0 Å². The number of amides is 2. The first-order chi connectivity index (χ1) is 15.0. The minimum Gasteiger partial charge on any atom is -0.489 e. The highest BCUT2D eigenvalue weighted by molar-refractivity contribution is 6.35. The predicted molar refractivity (Wildman–Crippen MR) is 121 cm³/mol. The van der Waals surface area contributed by atoms with Crippen molar-refractivity contribution in [2.24, 2.45) is 5.10 Å². The van der Waals surface area contributed by atoms with Gasteiger partial charge in [0.25, 0.3) is 0 Å². The van der Waals surface area contributed by atoms with Crippen LogP contribution in [-0.4, -0.2) is 17.5 Å². The summed E-state index contributed by atoms with van der Waals surface area (Å²) in [5.41, 5.74) is 6.90. The summed E-state index contributed by atoms with van der Waals surface area (Å²) in [4.78, 5) is 23.9. The van der Waals surface area contributed by atoms with Gasteiger partial charge in [-0.3, -0.25) is 9.59 Å². The lowest BCUT2D eigenvalue weighted by atomic mass is 10.1. The zero-order valence-electron chi connectivity index (χ0n) is 17.6. The number of benzene rings is 3. The maximum absolute atomic E-state index is 11.9. The first kappa shape index (κ1) is 21.8. The largest absolute Gasteiger partial charge is 0.489 e. The normalized spacial score (nSPS) is 11.0. The molecule has 6 nitrogen and oxygen atoms in total. The molecule has 0 heterocycles. The molecule has 31 heavy (non-hydrogen) atoms. The maximum atomic E-state index is 11.9. The van der Waals surface area contributed by atoms with Gasteiger partial charge in [0, 0.05) is 6.54 Å². The van der Waals surface area contributed by atoms with E-state index in [1.54, 1.807) is 6.92 Å². The number of hydrogen-bond acceptors (Lipinski definition) is 4. The molecule has 0 aliphatic heterocycles. The van der Waals surface area contributed by atoms with Gasteiger partial charge in [0.15, 0.2) is 0 Å². The van der Waals surface area contributed by atoms with E-state index in [9.17, 15) is 9.59 Å². The monoisotopic (exact) mass is 415 g/mol. The van der Waals surface area contributed by atoms with Gasteiger partial charge in [-0.1, -0.05) is 60.2 Å². The number of hydrogen-bond donors (Lipinski definition) is 2. The molecule has 0 unspecified atom stereocenters. The Morgan fingerprint density at radius 2 is 1.52 bits per heavy atom. The Hall–Kier alpha value is -3.93. The van der Waals surface area contributed by atoms with Gasteiger partial charge >= 0.3 is 11.8 Å². The van der Waals surface area contributed by atoms with Crippen molar-refractivity contribution >= 4 is 17.5 Å². The van der Waals surface area contributed by atoms with E-state index >= 15 is 0 Å². The van der Waals surface area contributed by atoms with Crippen LogP contribution in [0, 0.1) is 6.92 Å². The van der Waals surface area contributed by atoms with E-state index in [1.165, 1.54) is 5.56 Å². The Labute approximate surface area is 182 Å². The van der Waals surface area contributed by atoms with Crippen molar-refractivity contribution in [3.8, 4) is 5.75 Å². The van der Waals surface area contributed by atoms with E-state index in [-0.39, 0.29) is 6.54 Å². The Morgan fingerprint density at radius 1 is 0.839 bits per heavy atom. The quantitative estimate of drug-likeness (QED) is 0.351. The third-order valence-corrected chi connectivity index (χ3v) is 4.63. The van der Waals surface area contributed by atoms with E-state index < -0.39 is 11.8 Å². The topological polar surface area (TPSA) is 79.8 Å². The van der Waals surface area contributed by atoms with Crippen molar-refractivity contribution in [1.29, 1.82) is 0 Å². The molecule has 0 spiro atoms. The molecule has 0 radical (unpaired) electrons. The molecule has 2 N–H and O–H groups in total. The molecule has 6 heteroatoms. The molecule has 0 aromatic heterocycles. The molecular weight excluding hydrogens is 390 g/mol. The third kappa shape index (κ3) is 6.82. The molecule has 0 fully saturated rings. The van der Waals surface area contributed by atoms with Gasteiger partial charge in [-0.15, -0.1) is 0 Å². The van der Waals surface area contributed by atoms with E-state index in [0.717, 1.165) is 22.4 Å². The Balaban J connectivity index is 1.48. The minimum atomic E-state index is -0.812. The van der Waals surface area contributed by atoms with Crippen molar-refractivity contribution < 1.29 is 14.3 Å². The predicted octanol–water partition coefficient (Wildman–Crippen LogP) is 3.73. The molecule has 0 atom stereocenters. The molecule has 0 aliphatic rings. The highest BCUT2D eigenvalue weighted by Crippen LogP contribution is 2.15. The Bertz CT molecular complexity index is 1040. The number of carbonyl (C=O) groups is 2. The minimum absolute atomic E-state index is 0.278. The van der Waals surface area contributed by atoms with Crippen LogP contribution in [0.1, 0.15) is 29.2 Å². The van der Waals surface area contributed by atoms with Crippen LogP contribution in [0.4, 0.5) is 0 Å². The molecule has 3 rings (SSSR count). The van der Waals surface area contributed by atoms with E-state index in [1.807, 2.05) is 73.7 Å². The number of carbonyl (C=O) groups excluding carboxylic acids is 2. The summed E-state index contributed by atoms with van der Waals surface area (Å²) in [5, 5.41) is 6.58. The van der Waals surface area contributed by atoms with Gasteiger partial charge < -0.3 is 10.1 Å². The van der Waals surface area contributed by atoms with Crippen LogP contribution in [0.15, 0.2) is 84.0 Å². The number of nitrogens with one attached hydrogen (secondary N) is 2. The molecule has 3 aromatic rings. The second-order valence-electron chi connectivity index (χ2n) is 7.11. The van der Waals surface area contributed by atoms with Gasteiger partial charge in [0.1, 0.15) is 12.4 Å². The number of aryl methyl sites for hydroxylation is 1. The van der Waals surface area contributed by atoms with Crippen LogP contribution in [-0.2, 0) is 22.7 Å². The lowest BCUT2D eigenvalue weighted by Gasteiger charge is -2.08. The van der Waals surface area contributed by atoms with Crippen molar-refractivity contribution in [3.05, 3.63) is 101 Å². The lowest BCUT2D eigenvalue weighted by molar-refractivity contribution is -0.139. The van der Waals surface area contributed by atoms with E-state index in [2.05, 4.69) is 28.0 Å². The summed E-state index contributed by atoms with van der Waals surface area (Å²) in [6.07, 6.45) is 0. The molecule has 2 amide bonds. The Morgan fingerprint density at radius 3 is 2.19 bits per heavy atom. The summed E-state index contributed by atoms with van der Waals surface area (Å²) in [5.74, 6) is -0.810. The van der Waals surface area contributed by atoms with Gasteiger partial charge in [-0.2, -0.15) is 5.10 Å². The first-order valence-corrected chi connectivity index (χ1v) is 9.96. The highest BCUT2D eigenvalue weighted by atomic mass is 16.5. The average molecular weight is 415 g/mol. The van der Waals surface area contributed by atoms with E-state index in [4.69, 9.17) is 4.74 Å². The summed E-state index contributed by atoms with van der Waals surface area (Å²) < 4.78 is 5.80. The fraction of sp³-hybridized carbons (Fsp3) is 0.160. The molecular formula is C25H25N3O3. The maximum Gasteiger partial charge on any atom is 0.329 e. The summed E-state index contributed by atoms with van der Waals surface area (Å²) in [6, 6.07) is 24.9. The smallest absolute Gasteiger partial charge is 0.329 e. The van der Waals surface area contributed by atoms with Gasteiger partial charge in [0.2, 0.25) is 0 Å². The van der Waals surface area contributed by atoms with Crippen LogP contribution in [0.3, 0.4) is 0 Å². The molecule has 158 valence electrons. The number of rotatable bonds is 7. The van der Waals surface area contributed by atoms with Crippen molar-refractivity contribution in [2.75, 3.05) is 0 Å². The van der Waals surface area contributed by atoms with E-state index in [0.29, 0.717) is 12.3 Å². The van der Waals surface area contributed by atoms with Crippen LogP contribution in [0.5, 0.6) is 5.75 Å². The van der Waals surface area contributed by atoms with Crippen LogP contribution in [0.25, 0.3) is 0 Å². The highest BCUT2D eigenvalue weighted by Gasteiger charge is 2.12. The molecule has 3 aromatic carbocycles. The molecule has 0 bridgehead atoms. The average Bonchev–Trinajstić information content (AvgIpc) is 2.81. The summed E-state index contributed by atoms with van der Waals surface area (Å²) in [6.45, 7) is 4.57. The zero-order valence-corrected chi connectivity index (χ0v) is 17.6. The molecule has 0 saturated heterocycles. The van der Waals surface area contributed by atoms with Crippen molar-refractivity contribution in [2.45, 2.75) is 27.0 Å². The van der Waals surface area contributed by atoms with Gasteiger partial charge in [-0.05, 0) is 54.8 Å². The zero-order chi connectivity index (χ0) is 22.1. The number of ether oxygens (including phenoxy) is 1. The fourth-order valence-corrected chi connectivity index (χ4v) is 2.75. The molecule has 0 saturated carbocycles. The Kier molecular flexibility index (Phi) is 7.54. The second kappa shape index (κ2) is 10.7. The summed E-state index contributed by atoms with van der Waals surface area (Å²) >= 11 is 0. The number of nitrogens with zero attached hydrogens (tertiary/aromatic N) is 1. The van der Waals surface area contributed by atoms with Crippen LogP contribution < -0.4 is 15.5 Å². The van der Waals surface area contributed by atoms with Crippen LogP contribution in [0.2, 0.25) is 0 Å². The van der Waals surface area contributed by atoms with Gasteiger partial charge in [-0.25, -0.2) is 5.43 Å². The second-order valence-corrected chi connectivity index (χ2v) is 7.11. The van der Waals surface area contributed by atoms with Crippen molar-refractivity contribution in [1.82, 2.24) is 10.7 Å². The fourth-order valence-electron chi connectivity index (χ4n) is 2.75. The standard InChI is InChI=1S/C25H25N3O3/c1-18-8-10-21(11-9-18)17-31-23-14-12-22(13-15-23)19(2)27-28-25(30)24(29)26-16-20-6-4-3-5-7-20/h3-15H,16-17H2,1-2H3,(H,26,29)(H,28,30)/b27-19+. The third-order valence-electron chi connectivity index (χ3n) is 4.63. The van der Waals surface area contributed by atoms with Crippen LogP contribution >= 0.6 is 0 Å². The summed E-state index contributed by atoms with van der Waals surface area (Å²) in [7, 11) is 0. The molecule has 0 aliphatic carbocycles. The number of hydrazone groups is 1. The van der Waals surface area contributed by atoms with Gasteiger partial charge in [0.05, 0.1) is 5.71 Å². The first-order valence-electron chi connectivity index (χ1n) is 9.96.